The number of hydrogen-bond acceptors (Lipinski definition) is 3. The third-order valence-corrected chi connectivity index (χ3v) is 11.6. The zero-order valence-electron chi connectivity index (χ0n) is 24.3. The van der Waals surface area contributed by atoms with E-state index in [9.17, 15) is 32.2 Å². The molecule has 8 heteroatoms. The summed E-state index contributed by atoms with van der Waals surface area (Å²) < 4.78 is 62.4. The van der Waals surface area contributed by atoms with Crippen molar-refractivity contribution in [2.75, 3.05) is 11.5 Å². The lowest BCUT2D eigenvalue weighted by atomic mass is 9.52. The molecule has 0 radical (unpaired) electrons. The van der Waals surface area contributed by atoms with Crippen molar-refractivity contribution < 1.29 is 32.2 Å². The molecule has 3 aliphatic carbocycles. The van der Waals surface area contributed by atoms with E-state index in [4.69, 9.17) is 0 Å². The molecule has 1 aromatic carbocycles. The Kier molecular flexibility index (Phi) is 10.8. The van der Waals surface area contributed by atoms with Gasteiger partial charge >= 0.3 is 12.1 Å². The number of phenols is 1. The van der Waals surface area contributed by atoms with Gasteiger partial charge in [0.2, 0.25) is 0 Å². The van der Waals surface area contributed by atoms with Crippen LogP contribution in [0.3, 0.4) is 0 Å². The fourth-order valence-corrected chi connectivity index (χ4v) is 9.08. The van der Waals surface area contributed by atoms with E-state index in [1.54, 1.807) is 0 Å². The summed E-state index contributed by atoms with van der Waals surface area (Å²) in [6.45, 7) is 6.63. The smallest absolute Gasteiger partial charge is 0.453 e. The highest BCUT2D eigenvalue weighted by Crippen LogP contribution is 2.64. The second-order valence-corrected chi connectivity index (χ2v) is 14.3. The number of alkyl halides is 5. The molecule has 2 fully saturated rings. The first-order valence-corrected chi connectivity index (χ1v) is 16.7. The molecule has 6 atom stereocenters. The van der Waals surface area contributed by atoms with Crippen LogP contribution in [0.4, 0.5) is 22.0 Å². The third-order valence-electron chi connectivity index (χ3n) is 10.4. The highest BCUT2D eigenvalue weighted by Gasteiger charge is 2.57. The van der Waals surface area contributed by atoms with Gasteiger partial charge in [0.15, 0.2) is 0 Å². The number of aliphatic hydroxyl groups is 1. The van der Waals surface area contributed by atoms with Gasteiger partial charge in [0.05, 0.1) is 6.10 Å². The number of aliphatic hydroxyl groups excluding tert-OH is 1. The number of hydrogen-bond donors (Lipinski definition) is 2. The maximum Gasteiger partial charge on any atom is 0.453 e. The van der Waals surface area contributed by atoms with E-state index in [1.165, 1.54) is 42.2 Å². The van der Waals surface area contributed by atoms with Crippen molar-refractivity contribution in [3.05, 3.63) is 41.5 Å². The summed E-state index contributed by atoms with van der Waals surface area (Å²) in [4.78, 5) is 0. The molecule has 0 bridgehead atoms. The standard InChI is InChI=1S/C33H47F5O2S/c1-22-29(40)21-28-30-23(19-24-20-25(39)12-13-26(24)27(30)14-16-31(22,28)2)11-8-6-4-3-5-7-9-17-41-18-10-15-32(34,35)33(36,37)38/h12-13,20,23,27-30,39-40H,1,3-11,14-19,21H2,2H3/t23?,27?,28?,29-,30?,31-/m1/s1. The van der Waals surface area contributed by atoms with Gasteiger partial charge in [-0.1, -0.05) is 58.1 Å². The molecule has 0 heterocycles. The molecule has 1 aromatic rings. The molecule has 0 aliphatic heterocycles. The zero-order chi connectivity index (χ0) is 29.8. The van der Waals surface area contributed by atoms with E-state index in [1.807, 2.05) is 12.1 Å². The Balaban J connectivity index is 1.16. The molecule has 2 nitrogen and oxygen atoms in total. The molecule has 0 aromatic heterocycles. The maximum atomic E-state index is 12.9. The Hall–Kier alpha value is -1.28. The van der Waals surface area contributed by atoms with Crippen molar-refractivity contribution in [2.24, 2.45) is 23.2 Å². The fourth-order valence-electron chi connectivity index (χ4n) is 8.12. The number of aromatic hydroxyl groups is 1. The molecule has 232 valence electrons. The molecular formula is C33H47F5O2S. The van der Waals surface area contributed by atoms with Crippen molar-refractivity contribution in [3.8, 4) is 5.75 Å². The zero-order valence-corrected chi connectivity index (χ0v) is 25.1. The Labute approximate surface area is 246 Å². The molecule has 2 N–H and O–H groups in total. The van der Waals surface area contributed by atoms with Crippen LogP contribution in [-0.4, -0.2) is 39.9 Å². The first-order valence-electron chi connectivity index (χ1n) is 15.6. The van der Waals surface area contributed by atoms with Crippen LogP contribution in [0.5, 0.6) is 5.75 Å². The van der Waals surface area contributed by atoms with Gasteiger partial charge in [0.25, 0.3) is 0 Å². The number of rotatable bonds is 14. The third kappa shape index (κ3) is 7.45. The quantitative estimate of drug-likeness (QED) is 0.127. The van der Waals surface area contributed by atoms with Gasteiger partial charge in [0.1, 0.15) is 5.75 Å². The van der Waals surface area contributed by atoms with Crippen molar-refractivity contribution in [2.45, 2.75) is 121 Å². The van der Waals surface area contributed by atoms with Gasteiger partial charge in [-0.05, 0) is 114 Å². The van der Waals surface area contributed by atoms with E-state index in [0.29, 0.717) is 35.2 Å². The summed E-state index contributed by atoms with van der Waals surface area (Å²) in [6.07, 6.45) is 5.88. The van der Waals surface area contributed by atoms with E-state index < -0.39 is 24.6 Å². The highest BCUT2D eigenvalue weighted by atomic mass is 32.2. The molecule has 3 aliphatic rings. The number of fused-ring (bicyclic) bond motifs is 5. The molecule has 41 heavy (non-hydrogen) atoms. The van der Waals surface area contributed by atoms with E-state index in [2.05, 4.69) is 19.6 Å². The second-order valence-electron chi connectivity index (χ2n) is 13.1. The highest BCUT2D eigenvalue weighted by molar-refractivity contribution is 7.99. The maximum absolute atomic E-state index is 12.9. The Morgan fingerprint density at radius 3 is 2.34 bits per heavy atom. The second kappa shape index (κ2) is 13.6. The molecule has 0 spiro atoms. The van der Waals surface area contributed by atoms with Gasteiger partial charge < -0.3 is 10.2 Å². The Bertz CT molecular complexity index is 1030. The van der Waals surface area contributed by atoms with Gasteiger partial charge in [-0.3, -0.25) is 0 Å². The topological polar surface area (TPSA) is 40.5 Å². The van der Waals surface area contributed by atoms with Gasteiger partial charge in [0, 0.05) is 6.42 Å². The monoisotopic (exact) mass is 602 g/mol. The van der Waals surface area contributed by atoms with E-state index in [0.717, 1.165) is 69.1 Å². The SMILES string of the molecule is C=C1[C@H](O)CC2C3C(CCCCCCCCCSCCCC(F)(F)C(F)(F)F)Cc4cc(O)ccc4C3CC[C@]12C. The largest absolute Gasteiger partial charge is 0.508 e. The summed E-state index contributed by atoms with van der Waals surface area (Å²) in [5, 5.41) is 20.9. The van der Waals surface area contributed by atoms with Crippen molar-refractivity contribution in [3.63, 3.8) is 0 Å². The minimum Gasteiger partial charge on any atom is -0.508 e. The molecule has 0 amide bonds. The fraction of sp³-hybridized carbons (Fsp3) is 0.758. The van der Waals surface area contributed by atoms with E-state index in [-0.39, 0.29) is 11.8 Å². The van der Waals surface area contributed by atoms with Crippen LogP contribution in [0.15, 0.2) is 30.4 Å². The average molecular weight is 603 g/mol. The summed E-state index contributed by atoms with van der Waals surface area (Å²) in [5.41, 5.74) is 3.73. The average Bonchev–Trinajstić information content (AvgIpc) is 3.14. The summed E-state index contributed by atoms with van der Waals surface area (Å²) in [6, 6.07) is 5.92. The first-order chi connectivity index (χ1) is 19.3. The number of benzene rings is 1. The number of thioether (sulfide) groups is 1. The van der Waals surface area contributed by atoms with Gasteiger partial charge in [-0.2, -0.15) is 33.7 Å². The van der Waals surface area contributed by atoms with Crippen LogP contribution < -0.4 is 0 Å². The van der Waals surface area contributed by atoms with Crippen molar-refractivity contribution in [1.29, 1.82) is 0 Å². The molecule has 4 unspecified atom stereocenters. The van der Waals surface area contributed by atoms with Crippen LogP contribution >= 0.6 is 11.8 Å². The molecule has 2 saturated carbocycles. The van der Waals surface area contributed by atoms with Crippen LogP contribution in [0.25, 0.3) is 0 Å². The Morgan fingerprint density at radius 1 is 0.976 bits per heavy atom. The van der Waals surface area contributed by atoms with E-state index >= 15 is 0 Å². The summed E-state index contributed by atoms with van der Waals surface area (Å²) in [5.74, 6) is -1.07. The minimum absolute atomic E-state index is 0.0136. The number of phenolic OH excluding ortho intramolecular Hbond substituents is 1. The predicted octanol–water partition coefficient (Wildman–Crippen LogP) is 9.83. The molecule has 4 rings (SSSR count). The Morgan fingerprint density at radius 2 is 1.63 bits per heavy atom. The predicted molar refractivity (Wildman–Crippen MR) is 157 cm³/mol. The van der Waals surface area contributed by atoms with Gasteiger partial charge in [-0.25, -0.2) is 0 Å². The molecular weight excluding hydrogens is 555 g/mol. The minimum atomic E-state index is -5.45. The summed E-state index contributed by atoms with van der Waals surface area (Å²) in [7, 11) is 0. The van der Waals surface area contributed by atoms with Crippen LogP contribution in [0, 0.1) is 23.2 Å². The van der Waals surface area contributed by atoms with Crippen LogP contribution in [0.1, 0.15) is 107 Å². The molecule has 0 saturated heterocycles. The van der Waals surface area contributed by atoms with Crippen molar-refractivity contribution in [1.82, 2.24) is 0 Å². The van der Waals surface area contributed by atoms with Gasteiger partial charge in [-0.15, -0.1) is 0 Å². The lowest BCUT2D eigenvalue weighted by Gasteiger charge is -2.52. The lowest BCUT2D eigenvalue weighted by Crippen LogP contribution is -2.44. The normalized spacial score (nSPS) is 29.7. The van der Waals surface area contributed by atoms with Crippen molar-refractivity contribution >= 4 is 11.8 Å². The number of unbranched alkanes of at least 4 members (excludes halogenated alkanes) is 6. The summed E-state index contributed by atoms with van der Waals surface area (Å²) >= 11 is 1.47. The first kappa shape index (κ1) is 32.6. The number of halogens is 5. The van der Waals surface area contributed by atoms with Crippen LogP contribution in [0.2, 0.25) is 0 Å². The lowest BCUT2D eigenvalue weighted by molar-refractivity contribution is -0.284. The van der Waals surface area contributed by atoms with Crippen LogP contribution in [-0.2, 0) is 6.42 Å².